The zero-order chi connectivity index (χ0) is 18.7. The lowest BCUT2D eigenvalue weighted by molar-refractivity contribution is 0.154. The Kier molecular flexibility index (Phi) is 4.60. The highest BCUT2D eigenvalue weighted by atomic mass is 16.5. The highest BCUT2D eigenvalue weighted by Gasteiger charge is 2.35. The summed E-state index contributed by atoms with van der Waals surface area (Å²) >= 11 is 0. The van der Waals surface area contributed by atoms with E-state index in [9.17, 15) is 24.5 Å². The third-order valence-electron chi connectivity index (χ3n) is 4.05. The van der Waals surface area contributed by atoms with E-state index >= 15 is 0 Å². The summed E-state index contributed by atoms with van der Waals surface area (Å²) in [5.74, 6) is 0.153. The molecule has 1 aliphatic rings. The van der Waals surface area contributed by atoms with Gasteiger partial charge in [0.25, 0.3) is 0 Å². The van der Waals surface area contributed by atoms with Crippen LogP contribution < -0.4 is 4.74 Å². The lowest BCUT2D eigenvalue weighted by Gasteiger charge is -2.30. The molecule has 0 radical (unpaired) electrons. The number of ether oxygens (including phenoxy) is 1. The fourth-order valence-electron chi connectivity index (χ4n) is 2.84. The SMILES string of the molecule is O=Nc1cc(N=O)c2c(c1)OC(c1ccc(N=O)c(N=O)c1)C(N=O)C2. The number of hydrogen-bond donors (Lipinski definition) is 0. The maximum absolute atomic E-state index is 11.3. The molecule has 0 aliphatic carbocycles. The highest BCUT2D eigenvalue weighted by molar-refractivity contribution is 5.65. The lowest BCUT2D eigenvalue weighted by atomic mass is 9.91. The van der Waals surface area contributed by atoms with Crippen molar-refractivity contribution in [3.63, 3.8) is 0 Å². The molecule has 2 unspecified atom stereocenters. The van der Waals surface area contributed by atoms with Gasteiger partial charge in [0.15, 0.2) is 0 Å². The summed E-state index contributed by atoms with van der Waals surface area (Å²) < 4.78 is 5.74. The first kappa shape index (κ1) is 17.1. The quantitative estimate of drug-likeness (QED) is 0.656. The first-order chi connectivity index (χ1) is 12.6. The molecule has 0 aromatic heterocycles. The van der Waals surface area contributed by atoms with E-state index in [1.165, 1.54) is 30.3 Å². The van der Waals surface area contributed by atoms with Crippen LogP contribution >= 0.6 is 0 Å². The van der Waals surface area contributed by atoms with Gasteiger partial charge in [-0.25, -0.2) is 0 Å². The molecule has 3 rings (SSSR count). The summed E-state index contributed by atoms with van der Waals surface area (Å²) in [5, 5.41) is 14.0. The summed E-state index contributed by atoms with van der Waals surface area (Å²) in [6, 6.07) is 5.53. The smallest absolute Gasteiger partial charge is 0.150 e. The van der Waals surface area contributed by atoms with Gasteiger partial charge in [-0.1, -0.05) is 11.2 Å². The van der Waals surface area contributed by atoms with Crippen LogP contribution in [0.2, 0.25) is 0 Å². The molecule has 2 aromatic rings. The maximum Gasteiger partial charge on any atom is 0.150 e. The molecule has 1 heterocycles. The van der Waals surface area contributed by atoms with Gasteiger partial charge in [0, 0.05) is 18.1 Å². The largest absolute Gasteiger partial charge is 0.483 e. The Hall–Kier alpha value is -3.76. The van der Waals surface area contributed by atoms with Crippen LogP contribution in [0, 0.1) is 24.5 Å². The van der Waals surface area contributed by atoms with Crippen LogP contribution in [-0.2, 0) is 6.42 Å². The van der Waals surface area contributed by atoms with Crippen molar-refractivity contribution in [2.24, 2.45) is 25.9 Å². The average molecular weight is 355 g/mol. The Bertz CT molecular complexity index is 931. The van der Waals surface area contributed by atoms with E-state index in [4.69, 9.17) is 4.74 Å². The second-order valence-corrected chi connectivity index (χ2v) is 5.47. The topological polar surface area (TPSA) is 156 Å². The molecule has 11 nitrogen and oxygen atoms in total. The third kappa shape index (κ3) is 2.85. The number of hydrogen-bond acceptors (Lipinski definition) is 11. The fraction of sp³-hybridized carbons (Fsp3) is 0.200. The molecule has 26 heavy (non-hydrogen) atoms. The van der Waals surface area contributed by atoms with Crippen molar-refractivity contribution >= 4 is 22.7 Å². The Labute approximate surface area is 144 Å². The van der Waals surface area contributed by atoms with Gasteiger partial charge in [0.2, 0.25) is 0 Å². The minimum absolute atomic E-state index is 0.0290. The van der Waals surface area contributed by atoms with Crippen LogP contribution in [-0.4, -0.2) is 6.04 Å². The van der Waals surface area contributed by atoms with Gasteiger partial charge in [-0.3, -0.25) is 0 Å². The molecule has 1 aliphatic heterocycles. The number of nitrogens with zero attached hydrogens (tertiary/aromatic N) is 5. The first-order valence-corrected chi connectivity index (χ1v) is 7.28. The predicted molar refractivity (Wildman–Crippen MR) is 91.4 cm³/mol. The van der Waals surface area contributed by atoms with Gasteiger partial charge in [-0.2, -0.15) is 4.91 Å². The maximum atomic E-state index is 11.3. The van der Waals surface area contributed by atoms with Crippen molar-refractivity contribution in [2.75, 3.05) is 0 Å². The van der Waals surface area contributed by atoms with Gasteiger partial charge >= 0.3 is 0 Å². The van der Waals surface area contributed by atoms with E-state index < -0.39 is 12.1 Å². The molecule has 11 heteroatoms. The van der Waals surface area contributed by atoms with Gasteiger partial charge < -0.3 is 4.74 Å². The summed E-state index contributed by atoms with van der Waals surface area (Å²) in [6.07, 6.45) is -0.899. The van der Waals surface area contributed by atoms with Crippen molar-refractivity contribution in [1.82, 2.24) is 0 Å². The van der Waals surface area contributed by atoms with Crippen LogP contribution in [0.25, 0.3) is 0 Å². The lowest BCUT2D eigenvalue weighted by Crippen LogP contribution is -2.29. The number of nitroso groups, excluding NO2 is 5. The van der Waals surface area contributed by atoms with Crippen molar-refractivity contribution in [3.05, 3.63) is 66.0 Å². The van der Waals surface area contributed by atoms with E-state index in [1.807, 2.05) is 0 Å². The Morgan fingerprint density at radius 2 is 1.54 bits per heavy atom. The molecule has 0 N–H and O–H groups in total. The number of fused-ring (bicyclic) bond motifs is 1. The molecule has 2 atom stereocenters. The summed E-state index contributed by atoms with van der Waals surface area (Å²) in [7, 11) is 0. The monoisotopic (exact) mass is 355 g/mol. The van der Waals surface area contributed by atoms with Crippen molar-refractivity contribution in [1.29, 1.82) is 0 Å². The van der Waals surface area contributed by atoms with Crippen LogP contribution in [0.15, 0.2) is 56.2 Å². The van der Waals surface area contributed by atoms with Crippen molar-refractivity contribution in [3.8, 4) is 5.75 Å². The normalized spacial score (nSPS) is 18.2. The van der Waals surface area contributed by atoms with Crippen LogP contribution in [0.3, 0.4) is 0 Å². The summed E-state index contributed by atoms with van der Waals surface area (Å²) in [5.41, 5.74) is 0.177. The fourth-order valence-corrected chi connectivity index (χ4v) is 2.84. The Morgan fingerprint density at radius 1 is 0.808 bits per heavy atom. The van der Waals surface area contributed by atoms with E-state index in [0.717, 1.165) is 0 Å². The third-order valence-corrected chi connectivity index (χ3v) is 4.05. The van der Waals surface area contributed by atoms with Crippen molar-refractivity contribution in [2.45, 2.75) is 18.6 Å². The van der Waals surface area contributed by atoms with Gasteiger partial charge in [-0.05, 0) is 44.5 Å². The van der Waals surface area contributed by atoms with Crippen LogP contribution in [0.1, 0.15) is 17.2 Å². The van der Waals surface area contributed by atoms with Gasteiger partial charge in [-0.15, -0.1) is 19.6 Å². The number of benzene rings is 2. The molecule has 0 amide bonds. The molecule has 0 saturated carbocycles. The zero-order valence-corrected chi connectivity index (χ0v) is 12.9. The number of rotatable bonds is 6. The molecule has 0 fully saturated rings. The Morgan fingerprint density at radius 3 is 2.15 bits per heavy atom. The van der Waals surface area contributed by atoms with Gasteiger partial charge in [0.1, 0.15) is 40.6 Å². The average Bonchev–Trinajstić information content (AvgIpc) is 2.71. The zero-order valence-electron chi connectivity index (χ0n) is 12.9. The first-order valence-electron chi connectivity index (χ1n) is 7.28. The molecule has 2 aromatic carbocycles. The Balaban J connectivity index is 2.09. The molecular formula is C15H9N5O6. The second-order valence-electron chi connectivity index (χ2n) is 5.47. The summed E-state index contributed by atoms with van der Waals surface area (Å²) in [4.78, 5) is 54.6. The predicted octanol–water partition coefficient (Wildman–Crippen LogP) is 5.09. The molecule has 130 valence electrons. The minimum atomic E-state index is -0.937. The summed E-state index contributed by atoms with van der Waals surface area (Å²) in [6.45, 7) is 0. The standard InChI is InChI=1S/C15H9N5O6/c21-16-8-4-11(18-23)9-6-13(20-25)15(26-14(9)5-8)7-1-2-10(17-22)12(3-7)19-24/h1-5,13,15H,6H2. The van der Waals surface area contributed by atoms with E-state index in [-0.39, 0.29) is 34.9 Å². The van der Waals surface area contributed by atoms with E-state index in [0.29, 0.717) is 11.1 Å². The minimum Gasteiger partial charge on any atom is -0.483 e. The van der Waals surface area contributed by atoms with Crippen LogP contribution in [0.4, 0.5) is 22.7 Å². The molecular weight excluding hydrogens is 346 g/mol. The van der Waals surface area contributed by atoms with E-state index in [1.54, 1.807) is 0 Å². The van der Waals surface area contributed by atoms with Crippen LogP contribution in [0.5, 0.6) is 5.75 Å². The van der Waals surface area contributed by atoms with Gasteiger partial charge in [0.05, 0.1) is 0 Å². The highest BCUT2D eigenvalue weighted by Crippen LogP contribution is 2.44. The molecule has 0 saturated heterocycles. The van der Waals surface area contributed by atoms with Crippen molar-refractivity contribution < 1.29 is 4.74 Å². The molecule has 0 bridgehead atoms. The molecule has 0 spiro atoms. The second kappa shape index (κ2) is 7.01. The van der Waals surface area contributed by atoms with E-state index in [2.05, 4.69) is 25.9 Å².